The van der Waals surface area contributed by atoms with E-state index in [1.54, 1.807) is 0 Å². The Morgan fingerprint density at radius 2 is 1.78 bits per heavy atom. The summed E-state index contributed by atoms with van der Waals surface area (Å²) in [6.07, 6.45) is 8.55. The molecule has 0 unspecified atom stereocenters. The van der Waals surface area contributed by atoms with E-state index in [0.717, 1.165) is 0 Å². The summed E-state index contributed by atoms with van der Waals surface area (Å²) in [5.41, 5.74) is 7.27. The summed E-state index contributed by atoms with van der Waals surface area (Å²) < 4.78 is 0. The van der Waals surface area contributed by atoms with Gasteiger partial charge in [0.05, 0.1) is 0 Å². The van der Waals surface area contributed by atoms with E-state index < -0.39 is 0 Å². The molecule has 0 nitrogen and oxygen atoms in total. The van der Waals surface area contributed by atoms with E-state index in [4.69, 9.17) is 0 Å². The largest absolute Gasteiger partial charge is 0.0877 e. The summed E-state index contributed by atoms with van der Waals surface area (Å²) in [6, 6.07) is 6.62. The Morgan fingerprint density at radius 1 is 1.06 bits per heavy atom. The molecule has 0 atom stereocenters. The maximum absolute atomic E-state index is 2.32. The van der Waals surface area contributed by atoms with Crippen molar-refractivity contribution in [1.29, 1.82) is 0 Å². The summed E-state index contributed by atoms with van der Waals surface area (Å²) >= 11 is 0. The molecule has 94 valence electrons. The first-order valence-corrected chi connectivity index (χ1v) is 6.61. The van der Waals surface area contributed by atoms with E-state index in [0.29, 0.717) is 0 Å². The van der Waals surface area contributed by atoms with Gasteiger partial charge in [-0.15, -0.1) is 0 Å². The highest BCUT2D eigenvalue weighted by Gasteiger charge is 2.35. The molecule has 1 aromatic carbocycles. The van der Waals surface area contributed by atoms with E-state index in [-0.39, 0.29) is 5.41 Å². The van der Waals surface area contributed by atoms with Gasteiger partial charge in [0.2, 0.25) is 0 Å². The molecule has 0 radical (unpaired) electrons. The topological polar surface area (TPSA) is 0 Å². The first-order valence-electron chi connectivity index (χ1n) is 6.61. The second-order valence-electron chi connectivity index (χ2n) is 5.55. The van der Waals surface area contributed by atoms with E-state index in [1.165, 1.54) is 27.8 Å². The van der Waals surface area contributed by atoms with E-state index in [1.807, 2.05) is 6.92 Å². The van der Waals surface area contributed by atoms with Gasteiger partial charge in [-0.05, 0) is 48.6 Å². The van der Waals surface area contributed by atoms with E-state index in [9.17, 15) is 0 Å². The third-order valence-corrected chi connectivity index (χ3v) is 3.95. The number of fused-ring (bicyclic) bond motifs is 1. The summed E-state index contributed by atoms with van der Waals surface area (Å²) in [7, 11) is 0. The van der Waals surface area contributed by atoms with Crippen molar-refractivity contribution < 1.29 is 0 Å². The molecule has 0 heteroatoms. The predicted octanol–water partition coefficient (Wildman–Crippen LogP) is 5.19. The molecule has 0 saturated heterocycles. The highest BCUT2D eigenvalue weighted by atomic mass is 14.4. The number of aryl methyl sites for hydroxylation is 1. The standard InChI is InChI=1S/C18H22/c1-6-7-8-12-16-14(3)15-11-9-10-13(2)17(15)18(16,4)5/h6-12H,1-5H3/b7-6-,12-8-. The molecule has 1 aromatic rings. The van der Waals surface area contributed by atoms with Crippen LogP contribution in [0.3, 0.4) is 0 Å². The minimum Gasteiger partial charge on any atom is -0.0877 e. The van der Waals surface area contributed by atoms with Crippen LogP contribution in [0.1, 0.15) is 44.4 Å². The fourth-order valence-electron chi connectivity index (χ4n) is 3.15. The van der Waals surface area contributed by atoms with Crippen molar-refractivity contribution in [2.24, 2.45) is 0 Å². The molecule has 0 amide bonds. The Morgan fingerprint density at radius 3 is 2.39 bits per heavy atom. The molecule has 18 heavy (non-hydrogen) atoms. The maximum atomic E-state index is 2.32. The lowest BCUT2D eigenvalue weighted by Gasteiger charge is -2.24. The van der Waals surface area contributed by atoms with Crippen molar-refractivity contribution in [2.75, 3.05) is 0 Å². The smallest absolute Gasteiger partial charge is 0.0158 e. The van der Waals surface area contributed by atoms with Crippen molar-refractivity contribution in [3.63, 3.8) is 0 Å². The molecule has 0 heterocycles. The van der Waals surface area contributed by atoms with Crippen molar-refractivity contribution >= 4 is 5.57 Å². The number of benzene rings is 1. The van der Waals surface area contributed by atoms with Gasteiger partial charge in [-0.1, -0.05) is 56.4 Å². The van der Waals surface area contributed by atoms with Crippen LogP contribution in [0.15, 0.2) is 48.1 Å². The van der Waals surface area contributed by atoms with Gasteiger partial charge in [0.1, 0.15) is 0 Å². The molecule has 0 fully saturated rings. The molecule has 0 bridgehead atoms. The van der Waals surface area contributed by atoms with Gasteiger partial charge in [0, 0.05) is 5.41 Å². The molecular weight excluding hydrogens is 216 g/mol. The van der Waals surface area contributed by atoms with E-state index in [2.05, 4.69) is 70.2 Å². The van der Waals surface area contributed by atoms with Gasteiger partial charge in [0.15, 0.2) is 0 Å². The Kier molecular flexibility index (Phi) is 3.30. The first kappa shape index (κ1) is 12.9. The van der Waals surface area contributed by atoms with Gasteiger partial charge in [-0.25, -0.2) is 0 Å². The van der Waals surface area contributed by atoms with Crippen LogP contribution in [0.25, 0.3) is 5.57 Å². The fraction of sp³-hybridized carbons (Fsp3) is 0.333. The maximum Gasteiger partial charge on any atom is 0.0158 e. The van der Waals surface area contributed by atoms with E-state index >= 15 is 0 Å². The van der Waals surface area contributed by atoms with Crippen LogP contribution in [0, 0.1) is 6.92 Å². The van der Waals surface area contributed by atoms with Gasteiger partial charge >= 0.3 is 0 Å². The predicted molar refractivity (Wildman–Crippen MR) is 80.8 cm³/mol. The fourth-order valence-corrected chi connectivity index (χ4v) is 3.15. The average Bonchev–Trinajstić information content (AvgIpc) is 2.51. The van der Waals surface area contributed by atoms with Crippen LogP contribution < -0.4 is 0 Å². The van der Waals surface area contributed by atoms with Crippen LogP contribution in [0.2, 0.25) is 0 Å². The van der Waals surface area contributed by atoms with Gasteiger partial charge in [-0.2, -0.15) is 0 Å². The van der Waals surface area contributed by atoms with Gasteiger partial charge < -0.3 is 0 Å². The van der Waals surface area contributed by atoms with Crippen LogP contribution in [-0.4, -0.2) is 0 Å². The second-order valence-corrected chi connectivity index (χ2v) is 5.55. The Hall–Kier alpha value is -1.56. The summed E-state index contributed by atoms with van der Waals surface area (Å²) in [5, 5.41) is 0. The zero-order chi connectivity index (χ0) is 13.3. The lowest BCUT2D eigenvalue weighted by atomic mass is 9.79. The van der Waals surface area contributed by atoms with Crippen LogP contribution in [0.5, 0.6) is 0 Å². The zero-order valence-corrected chi connectivity index (χ0v) is 12.0. The highest BCUT2D eigenvalue weighted by Crippen LogP contribution is 2.47. The summed E-state index contributed by atoms with van der Waals surface area (Å²) in [6.45, 7) is 11.1. The number of hydrogen-bond acceptors (Lipinski definition) is 0. The molecule has 0 spiro atoms. The van der Waals surface area contributed by atoms with Crippen LogP contribution >= 0.6 is 0 Å². The second kappa shape index (κ2) is 4.61. The third-order valence-electron chi connectivity index (χ3n) is 3.95. The molecule has 0 aliphatic heterocycles. The molecule has 1 aliphatic rings. The molecule has 0 saturated carbocycles. The highest BCUT2D eigenvalue weighted by molar-refractivity contribution is 5.82. The Labute approximate surface area is 111 Å². The Bertz CT molecular complexity index is 551. The number of allylic oxidation sites excluding steroid dienone is 6. The molecule has 2 rings (SSSR count). The first-order chi connectivity index (χ1) is 8.50. The number of hydrogen-bond donors (Lipinski definition) is 0. The molecular formula is C18H22. The summed E-state index contributed by atoms with van der Waals surface area (Å²) in [4.78, 5) is 0. The van der Waals surface area contributed by atoms with Crippen molar-refractivity contribution in [3.05, 3.63) is 64.8 Å². The molecule has 0 aromatic heterocycles. The van der Waals surface area contributed by atoms with Crippen LogP contribution in [0.4, 0.5) is 0 Å². The SMILES string of the molecule is C/C=C\C=C/C1=C(C)c2cccc(C)c2C1(C)C. The lowest BCUT2D eigenvalue weighted by Crippen LogP contribution is -2.17. The van der Waals surface area contributed by atoms with Gasteiger partial charge in [-0.3, -0.25) is 0 Å². The minimum absolute atomic E-state index is 0.114. The zero-order valence-electron chi connectivity index (χ0n) is 12.0. The van der Waals surface area contributed by atoms with Crippen molar-refractivity contribution in [2.45, 2.75) is 40.0 Å². The van der Waals surface area contributed by atoms with Crippen molar-refractivity contribution in [3.8, 4) is 0 Å². The molecule has 1 aliphatic carbocycles. The third kappa shape index (κ3) is 1.86. The minimum atomic E-state index is 0.114. The van der Waals surface area contributed by atoms with Gasteiger partial charge in [0.25, 0.3) is 0 Å². The lowest BCUT2D eigenvalue weighted by molar-refractivity contribution is 0.649. The summed E-state index contributed by atoms with van der Waals surface area (Å²) in [5.74, 6) is 0. The normalized spacial score (nSPS) is 18.1. The Balaban J connectivity index is 2.58. The van der Waals surface area contributed by atoms with Crippen molar-refractivity contribution in [1.82, 2.24) is 0 Å². The average molecular weight is 238 g/mol. The number of rotatable bonds is 2. The van der Waals surface area contributed by atoms with Crippen LogP contribution in [-0.2, 0) is 5.41 Å². The monoisotopic (exact) mass is 238 g/mol. The molecule has 0 N–H and O–H groups in total. The quantitative estimate of drug-likeness (QED) is 0.622.